The SMILES string of the molecule is C=CC=C.CN1CCC(CCCc2ccccc2)CC1.O=C(O)C(C1CC1)N1CCC(c2ccccc2)C1. The molecule has 3 aliphatic rings. The number of hydrogen-bond donors (Lipinski definition) is 1. The Morgan fingerprint density at radius 2 is 1.53 bits per heavy atom. The number of likely N-dealkylation sites (tertiary alicyclic amines) is 2. The first kappa shape index (κ1) is 29.9. The molecule has 2 atom stereocenters. The van der Waals surface area contributed by atoms with Crippen LogP contribution in [0, 0.1) is 11.8 Å². The van der Waals surface area contributed by atoms with Gasteiger partial charge in [-0.15, -0.1) is 0 Å². The smallest absolute Gasteiger partial charge is 0.321 e. The van der Waals surface area contributed by atoms with E-state index in [9.17, 15) is 9.90 Å². The van der Waals surface area contributed by atoms with Crippen molar-refractivity contribution in [1.29, 1.82) is 0 Å². The van der Waals surface area contributed by atoms with Crippen LogP contribution < -0.4 is 0 Å². The number of carbonyl (C=O) groups is 1. The van der Waals surface area contributed by atoms with Gasteiger partial charge in [-0.1, -0.05) is 92.4 Å². The average Bonchev–Trinajstić information content (AvgIpc) is 3.66. The van der Waals surface area contributed by atoms with E-state index in [1.807, 2.05) is 6.07 Å². The molecule has 2 aromatic carbocycles. The van der Waals surface area contributed by atoms with E-state index in [1.54, 1.807) is 12.2 Å². The van der Waals surface area contributed by atoms with Crippen molar-refractivity contribution in [2.24, 2.45) is 11.8 Å². The fourth-order valence-corrected chi connectivity index (χ4v) is 5.70. The highest BCUT2D eigenvalue weighted by Crippen LogP contribution is 2.39. The lowest BCUT2D eigenvalue weighted by Gasteiger charge is -2.28. The van der Waals surface area contributed by atoms with E-state index in [0.29, 0.717) is 11.8 Å². The summed E-state index contributed by atoms with van der Waals surface area (Å²) in [6.45, 7) is 11.1. The first-order chi connectivity index (χ1) is 18.5. The van der Waals surface area contributed by atoms with Crippen LogP contribution in [-0.4, -0.2) is 60.1 Å². The molecule has 2 aliphatic heterocycles. The van der Waals surface area contributed by atoms with Crippen LogP contribution in [0.5, 0.6) is 0 Å². The van der Waals surface area contributed by atoms with Gasteiger partial charge in [-0.3, -0.25) is 9.69 Å². The topological polar surface area (TPSA) is 43.8 Å². The number of hydrogen-bond acceptors (Lipinski definition) is 3. The van der Waals surface area contributed by atoms with Crippen molar-refractivity contribution in [3.63, 3.8) is 0 Å². The molecule has 4 nitrogen and oxygen atoms in total. The summed E-state index contributed by atoms with van der Waals surface area (Å²) in [5.74, 6) is 1.26. The standard InChI is InChI=1S/C15H19NO2.C15H23N.C4H6/c17-15(18)14(12-6-7-12)16-9-8-13(10-16)11-4-2-1-3-5-11;1-16-12-10-15(11-13-16)9-5-8-14-6-3-2-4-7-14;1-3-4-2/h1-5,12-14H,6-10H2,(H,17,18);2-4,6-7,15H,5,8-13H2,1H3;3-4H,1-2H2. The zero-order chi connectivity index (χ0) is 27.2. The number of carboxylic acid groups (broad SMARTS) is 1. The van der Waals surface area contributed by atoms with Gasteiger partial charge in [-0.05, 0) is 101 Å². The number of nitrogens with zero attached hydrogens (tertiary/aromatic N) is 2. The predicted octanol–water partition coefficient (Wildman–Crippen LogP) is 7.05. The molecule has 0 spiro atoms. The van der Waals surface area contributed by atoms with E-state index in [2.05, 4.69) is 84.6 Å². The molecule has 4 heteroatoms. The van der Waals surface area contributed by atoms with Gasteiger partial charge < -0.3 is 10.0 Å². The van der Waals surface area contributed by atoms with Gasteiger partial charge in [0, 0.05) is 6.54 Å². The van der Waals surface area contributed by atoms with Crippen LogP contribution in [0.1, 0.15) is 62.0 Å². The summed E-state index contributed by atoms with van der Waals surface area (Å²) < 4.78 is 0. The summed E-state index contributed by atoms with van der Waals surface area (Å²) >= 11 is 0. The Morgan fingerprint density at radius 3 is 2.08 bits per heavy atom. The highest BCUT2D eigenvalue weighted by molar-refractivity contribution is 5.74. The van der Waals surface area contributed by atoms with Gasteiger partial charge in [0.1, 0.15) is 6.04 Å². The molecule has 1 N–H and O–H groups in total. The van der Waals surface area contributed by atoms with Crippen LogP contribution in [0.15, 0.2) is 86.0 Å². The number of aryl methyl sites for hydroxylation is 1. The predicted molar refractivity (Wildman–Crippen MR) is 160 cm³/mol. The summed E-state index contributed by atoms with van der Waals surface area (Å²) in [6.07, 6.45) is 13.4. The van der Waals surface area contributed by atoms with E-state index in [-0.39, 0.29) is 6.04 Å². The number of benzene rings is 2. The molecular formula is C34H48N2O2. The summed E-state index contributed by atoms with van der Waals surface area (Å²) in [4.78, 5) is 16.0. The van der Waals surface area contributed by atoms with E-state index < -0.39 is 5.97 Å². The molecular weight excluding hydrogens is 468 g/mol. The lowest BCUT2D eigenvalue weighted by atomic mass is 9.91. The average molecular weight is 517 g/mol. The first-order valence-corrected chi connectivity index (χ1v) is 14.5. The number of carboxylic acids is 1. The Balaban J connectivity index is 0.000000186. The van der Waals surface area contributed by atoms with Gasteiger partial charge in [0.15, 0.2) is 0 Å². The Kier molecular flexibility index (Phi) is 12.8. The molecule has 5 rings (SSSR count). The van der Waals surface area contributed by atoms with Crippen molar-refractivity contribution < 1.29 is 9.90 Å². The molecule has 206 valence electrons. The van der Waals surface area contributed by atoms with Crippen molar-refractivity contribution in [1.82, 2.24) is 9.80 Å². The normalized spacial score (nSPS) is 20.8. The van der Waals surface area contributed by atoms with E-state index in [1.165, 1.54) is 56.3 Å². The van der Waals surface area contributed by atoms with E-state index >= 15 is 0 Å². The van der Waals surface area contributed by atoms with Gasteiger partial charge in [0.25, 0.3) is 0 Å². The molecule has 1 aliphatic carbocycles. The van der Waals surface area contributed by atoms with Crippen LogP contribution in [0.2, 0.25) is 0 Å². The maximum atomic E-state index is 11.4. The second-order valence-corrected chi connectivity index (χ2v) is 11.1. The molecule has 3 fully saturated rings. The Morgan fingerprint density at radius 1 is 0.921 bits per heavy atom. The molecule has 1 saturated carbocycles. The minimum absolute atomic E-state index is 0.237. The quantitative estimate of drug-likeness (QED) is 0.363. The summed E-state index contributed by atoms with van der Waals surface area (Å²) in [5, 5.41) is 9.36. The highest BCUT2D eigenvalue weighted by atomic mass is 16.4. The minimum atomic E-state index is -0.633. The fourth-order valence-electron chi connectivity index (χ4n) is 5.70. The maximum absolute atomic E-state index is 11.4. The third-order valence-corrected chi connectivity index (χ3v) is 8.13. The largest absolute Gasteiger partial charge is 0.480 e. The lowest BCUT2D eigenvalue weighted by Crippen LogP contribution is -2.41. The molecule has 2 saturated heterocycles. The van der Waals surface area contributed by atoms with Crippen LogP contribution >= 0.6 is 0 Å². The van der Waals surface area contributed by atoms with Crippen molar-refractivity contribution in [2.45, 2.75) is 63.3 Å². The van der Waals surface area contributed by atoms with E-state index in [4.69, 9.17) is 0 Å². The Hall–Kier alpha value is -2.69. The molecule has 38 heavy (non-hydrogen) atoms. The van der Waals surface area contributed by atoms with Crippen LogP contribution in [0.3, 0.4) is 0 Å². The monoisotopic (exact) mass is 516 g/mol. The van der Waals surface area contributed by atoms with Gasteiger partial charge in [-0.2, -0.15) is 0 Å². The summed E-state index contributed by atoms with van der Waals surface area (Å²) in [6, 6.07) is 21.1. The molecule has 2 unspecified atom stereocenters. The van der Waals surface area contributed by atoms with Crippen LogP contribution in [0.25, 0.3) is 0 Å². The minimum Gasteiger partial charge on any atom is -0.480 e. The van der Waals surface area contributed by atoms with Crippen molar-refractivity contribution in [3.8, 4) is 0 Å². The Bertz CT molecular complexity index is 943. The number of piperidine rings is 1. The molecule has 2 heterocycles. The van der Waals surface area contributed by atoms with Crippen molar-refractivity contribution in [3.05, 3.63) is 97.1 Å². The van der Waals surface area contributed by atoms with Crippen molar-refractivity contribution >= 4 is 5.97 Å². The van der Waals surface area contributed by atoms with Crippen LogP contribution in [0.4, 0.5) is 0 Å². The second-order valence-electron chi connectivity index (χ2n) is 11.1. The third kappa shape index (κ3) is 10.2. The molecule has 2 aromatic rings. The molecule has 0 amide bonds. The first-order valence-electron chi connectivity index (χ1n) is 14.5. The van der Waals surface area contributed by atoms with Crippen molar-refractivity contribution in [2.75, 3.05) is 33.2 Å². The van der Waals surface area contributed by atoms with Gasteiger partial charge >= 0.3 is 5.97 Å². The fraction of sp³-hybridized carbons (Fsp3) is 0.500. The maximum Gasteiger partial charge on any atom is 0.321 e. The van der Waals surface area contributed by atoms with Crippen LogP contribution in [-0.2, 0) is 11.2 Å². The molecule has 0 aromatic heterocycles. The second kappa shape index (κ2) is 16.3. The zero-order valence-electron chi connectivity index (χ0n) is 23.4. The lowest BCUT2D eigenvalue weighted by molar-refractivity contribution is -0.143. The van der Waals surface area contributed by atoms with Gasteiger partial charge in [-0.25, -0.2) is 0 Å². The number of aliphatic carboxylic acids is 1. The van der Waals surface area contributed by atoms with Gasteiger partial charge in [0.2, 0.25) is 0 Å². The molecule has 0 radical (unpaired) electrons. The number of allylic oxidation sites excluding steroid dienone is 2. The Labute approximate surface area is 231 Å². The zero-order valence-corrected chi connectivity index (χ0v) is 23.4. The molecule has 0 bridgehead atoms. The summed E-state index contributed by atoms with van der Waals surface area (Å²) in [5.41, 5.74) is 2.84. The number of rotatable bonds is 9. The van der Waals surface area contributed by atoms with Gasteiger partial charge in [0.05, 0.1) is 0 Å². The highest BCUT2D eigenvalue weighted by Gasteiger charge is 2.42. The van der Waals surface area contributed by atoms with E-state index in [0.717, 1.165) is 38.3 Å². The third-order valence-electron chi connectivity index (χ3n) is 8.13. The summed E-state index contributed by atoms with van der Waals surface area (Å²) in [7, 11) is 2.24.